The SMILES string of the molecule is COc1ccc2[nH]c3c(c2c1)CCCN(C(=O)CSc1ccc(C(F)(F)F)cn1)C3C(F)(F)F. The highest BCUT2D eigenvalue weighted by molar-refractivity contribution is 7.99. The normalized spacial score (nSPS) is 16.9. The number of hydrogen-bond donors (Lipinski definition) is 1. The van der Waals surface area contributed by atoms with Crippen molar-refractivity contribution in [1.82, 2.24) is 14.9 Å². The van der Waals surface area contributed by atoms with Crippen molar-refractivity contribution < 1.29 is 35.9 Å². The van der Waals surface area contributed by atoms with Crippen LogP contribution in [0.2, 0.25) is 0 Å². The molecule has 3 aromatic rings. The van der Waals surface area contributed by atoms with Crippen LogP contribution in [0.25, 0.3) is 10.9 Å². The van der Waals surface area contributed by atoms with Crippen LogP contribution in [0.3, 0.4) is 0 Å². The van der Waals surface area contributed by atoms with Crippen molar-refractivity contribution >= 4 is 28.6 Å². The minimum absolute atomic E-state index is 0.0840. The largest absolute Gasteiger partial charge is 0.497 e. The summed E-state index contributed by atoms with van der Waals surface area (Å²) in [5.41, 5.74) is -0.0312. The Morgan fingerprint density at radius 2 is 1.97 bits per heavy atom. The van der Waals surface area contributed by atoms with E-state index in [1.807, 2.05) is 0 Å². The number of aryl methyl sites for hydroxylation is 1. The quantitative estimate of drug-likeness (QED) is 0.363. The van der Waals surface area contributed by atoms with Gasteiger partial charge in [-0.15, -0.1) is 0 Å². The number of aromatic nitrogens is 2. The number of carbonyl (C=O) groups excluding carboxylic acids is 1. The van der Waals surface area contributed by atoms with Crippen molar-refractivity contribution in [3.8, 4) is 5.75 Å². The van der Waals surface area contributed by atoms with Crippen LogP contribution in [-0.2, 0) is 17.4 Å². The van der Waals surface area contributed by atoms with E-state index in [-0.39, 0.29) is 17.3 Å². The molecule has 0 aliphatic carbocycles. The zero-order valence-electron chi connectivity index (χ0n) is 17.8. The van der Waals surface area contributed by atoms with Crippen molar-refractivity contribution in [2.24, 2.45) is 0 Å². The molecule has 1 aliphatic rings. The van der Waals surface area contributed by atoms with E-state index in [9.17, 15) is 31.1 Å². The lowest BCUT2D eigenvalue weighted by atomic mass is 10.0. The van der Waals surface area contributed by atoms with Gasteiger partial charge in [0.15, 0.2) is 6.04 Å². The molecule has 182 valence electrons. The van der Waals surface area contributed by atoms with Gasteiger partial charge in [0.2, 0.25) is 5.91 Å². The molecule has 1 aromatic carbocycles. The summed E-state index contributed by atoms with van der Waals surface area (Å²) < 4.78 is 86.0. The first-order chi connectivity index (χ1) is 16.0. The highest BCUT2D eigenvalue weighted by atomic mass is 32.2. The summed E-state index contributed by atoms with van der Waals surface area (Å²) in [6.07, 6.45) is -8.01. The Balaban J connectivity index is 1.60. The van der Waals surface area contributed by atoms with Crippen LogP contribution in [0.4, 0.5) is 26.3 Å². The maximum absolute atomic E-state index is 14.2. The highest BCUT2D eigenvalue weighted by Gasteiger charge is 2.49. The summed E-state index contributed by atoms with van der Waals surface area (Å²) >= 11 is 0.788. The lowest BCUT2D eigenvalue weighted by molar-refractivity contribution is -0.191. The second-order valence-electron chi connectivity index (χ2n) is 7.74. The molecule has 12 heteroatoms. The zero-order valence-corrected chi connectivity index (χ0v) is 18.6. The number of thioether (sulfide) groups is 1. The van der Waals surface area contributed by atoms with Crippen LogP contribution in [0.1, 0.15) is 29.3 Å². The summed E-state index contributed by atoms with van der Waals surface area (Å²) in [6, 6.07) is 4.67. The van der Waals surface area contributed by atoms with Gasteiger partial charge in [-0.2, -0.15) is 26.3 Å². The molecule has 0 saturated carbocycles. The highest BCUT2D eigenvalue weighted by Crippen LogP contribution is 2.43. The van der Waals surface area contributed by atoms with Gasteiger partial charge in [0.05, 0.1) is 29.1 Å². The number of halogens is 6. The fraction of sp³-hybridized carbons (Fsp3) is 0.364. The number of nitrogens with zero attached hydrogens (tertiary/aromatic N) is 2. The first-order valence-corrected chi connectivity index (χ1v) is 11.2. The van der Waals surface area contributed by atoms with Crippen molar-refractivity contribution in [1.29, 1.82) is 0 Å². The molecular weight excluding hydrogens is 484 g/mol. The summed E-state index contributed by atoms with van der Waals surface area (Å²) in [5.74, 6) is -0.664. The maximum Gasteiger partial charge on any atom is 0.417 e. The van der Waals surface area contributed by atoms with Crippen molar-refractivity contribution in [3.05, 3.63) is 53.3 Å². The Labute approximate surface area is 194 Å². The summed E-state index contributed by atoms with van der Waals surface area (Å²) in [5, 5.41) is 0.722. The lowest BCUT2D eigenvalue weighted by Crippen LogP contribution is -2.43. The molecule has 0 radical (unpaired) electrons. The number of hydrogen-bond acceptors (Lipinski definition) is 4. The molecule has 1 N–H and O–H groups in total. The number of carbonyl (C=O) groups is 1. The third-order valence-electron chi connectivity index (χ3n) is 5.59. The number of aromatic amines is 1. The first-order valence-electron chi connectivity index (χ1n) is 10.2. The Morgan fingerprint density at radius 1 is 1.21 bits per heavy atom. The van der Waals surface area contributed by atoms with Gasteiger partial charge in [0, 0.05) is 23.6 Å². The molecule has 0 spiro atoms. The molecule has 34 heavy (non-hydrogen) atoms. The Bertz CT molecular complexity index is 1190. The van der Waals surface area contributed by atoms with Crippen molar-refractivity contribution in [3.63, 3.8) is 0 Å². The number of ether oxygens (including phenoxy) is 1. The summed E-state index contributed by atoms with van der Waals surface area (Å²) in [4.78, 5) is 20.2. The van der Waals surface area contributed by atoms with Gasteiger partial charge in [-0.1, -0.05) is 11.8 Å². The monoisotopic (exact) mass is 503 g/mol. The first kappa shape index (κ1) is 24.2. The number of fused-ring (bicyclic) bond motifs is 3. The standard InChI is InChI=1S/C22H19F6N3O2S/c1-33-13-5-6-16-15(9-13)14-3-2-8-31(20(19(14)30-16)22(26,27)28)18(32)11-34-17-7-4-12(10-29-17)21(23,24)25/h4-7,9-10,20,30H,2-3,8,11H2,1H3. The van der Waals surface area contributed by atoms with Gasteiger partial charge in [-0.25, -0.2) is 4.98 Å². The molecule has 1 atom stereocenters. The van der Waals surface area contributed by atoms with Crippen LogP contribution < -0.4 is 4.74 Å². The molecule has 5 nitrogen and oxygen atoms in total. The van der Waals surface area contributed by atoms with Gasteiger partial charge in [0.1, 0.15) is 5.75 Å². The van der Waals surface area contributed by atoms with Gasteiger partial charge in [-0.3, -0.25) is 4.79 Å². The van der Waals surface area contributed by atoms with Gasteiger partial charge < -0.3 is 14.6 Å². The Kier molecular flexibility index (Phi) is 6.45. The van der Waals surface area contributed by atoms with E-state index in [0.29, 0.717) is 41.3 Å². The van der Waals surface area contributed by atoms with E-state index in [0.717, 1.165) is 28.8 Å². The summed E-state index contributed by atoms with van der Waals surface area (Å²) in [7, 11) is 1.47. The third-order valence-corrected chi connectivity index (χ3v) is 6.52. The second-order valence-corrected chi connectivity index (χ2v) is 8.73. The fourth-order valence-electron chi connectivity index (χ4n) is 4.05. The average Bonchev–Trinajstić information content (AvgIpc) is 2.99. The number of amides is 1. The topological polar surface area (TPSA) is 58.2 Å². The predicted octanol–water partition coefficient (Wildman–Crippen LogP) is 5.76. The minimum atomic E-state index is -4.74. The van der Waals surface area contributed by atoms with Crippen LogP contribution in [0.5, 0.6) is 5.75 Å². The molecule has 4 rings (SSSR count). The molecular formula is C22H19F6N3O2S. The number of rotatable bonds is 4. The lowest BCUT2D eigenvalue weighted by Gasteiger charge is -2.31. The molecule has 0 fully saturated rings. The molecule has 0 saturated heterocycles. The number of H-pyrrole nitrogens is 1. The van der Waals surface area contributed by atoms with Crippen LogP contribution in [0.15, 0.2) is 41.6 Å². The van der Waals surface area contributed by atoms with Crippen molar-refractivity contribution in [2.75, 3.05) is 19.4 Å². The van der Waals surface area contributed by atoms with Gasteiger partial charge >= 0.3 is 12.4 Å². The number of pyridine rings is 1. The van der Waals surface area contributed by atoms with Gasteiger partial charge in [-0.05, 0) is 48.7 Å². The smallest absolute Gasteiger partial charge is 0.417 e. The second kappa shape index (κ2) is 9.05. The van der Waals surface area contributed by atoms with E-state index >= 15 is 0 Å². The number of benzene rings is 1. The Morgan fingerprint density at radius 3 is 2.59 bits per heavy atom. The molecule has 1 unspecified atom stereocenters. The maximum atomic E-state index is 14.2. The van der Waals surface area contributed by atoms with E-state index in [1.54, 1.807) is 18.2 Å². The van der Waals surface area contributed by atoms with Crippen molar-refractivity contribution in [2.45, 2.75) is 36.3 Å². The van der Waals surface area contributed by atoms with E-state index in [4.69, 9.17) is 4.74 Å². The molecule has 2 aromatic heterocycles. The third kappa shape index (κ3) is 4.82. The zero-order chi connectivity index (χ0) is 24.7. The van der Waals surface area contributed by atoms with E-state index in [1.165, 1.54) is 7.11 Å². The van der Waals surface area contributed by atoms with E-state index in [2.05, 4.69) is 9.97 Å². The molecule has 0 bridgehead atoms. The fourth-order valence-corrected chi connectivity index (χ4v) is 4.78. The summed E-state index contributed by atoms with van der Waals surface area (Å²) in [6.45, 7) is -0.113. The number of alkyl halides is 6. The number of nitrogens with one attached hydrogen (secondary N) is 1. The average molecular weight is 503 g/mol. The molecule has 3 heterocycles. The van der Waals surface area contributed by atoms with Crippen LogP contribution >= 0.6 is 11.8 Å². The van der Waals surface area contributed by atoms with Crippen LogP contribution in [-0.4, -0.2) is 46.4 Å². The molecule has 1 aliphatic heterocycles. The minimum Gasteiger partial charge on any atom is -0.497 e. The van der Waals surface area contributed by atoms with Gasteiger partial charge in [0.25, 0.3) is 0 Å². The van der Waals surface area contributed by atoms with E-state index < -0.39 is 35.6 Å². The van der Waals surface area contributed by atoms with Crippen LogP contribution in [0, 0.1) is 0 Å². The molecule has 1 amide bonds. The number of methoxy groups -OCH3 is 1. The Hall–Kier alpha value is -2.89. The predicted molar refractivity (Wildman–Crippen MR) is 114 cm³/mol.